The molecule has 3 rings (SSSR count). The molecule has 0 fully saturated rings. The number of unbranched alkanes of at least 4 members (excludes halogenated alkanes) is 1. The summed E-state index contributed by atoms with van der Waals surface area (Å²) in [6.07, 6.45) is 1.74. The zero-order valence-corrected chi connectivity index (χ0v) is 23.8. The molecule has 2 amide bonds. The van der Waals surface area contributed by atoms with Crippen molar-refractivity contribution in [2.45, 2.75) is 51.1 Å². The van der Waals surface area contributed by atoms with Crippen LogP contribution >= 0.6 is 0 Å². The Morgan fingerprint density at radius 1 is 0.949 bits per heavy atom. The number of carbonyl (C=O) groups is 2. The minimum atomic E-state index is -4.08. The van der Waals surface area contributed by atoms with Crippen molar-refractivity contribution in [1.82, 2.24) is 10.2 Å². The summed E-state index contributed by atoms with van der Waals surface area (Å²) in [5.74, 6) is -0.118. The number of benzene rings is 3. The van der Waals surface area contributed by atoms with Crippen LogP contribution in [0.25, 0.3) is 0 Å². The second kappa shape index (κ2) is 13.8. The Hall–Kier alpha value is -3.85. The lowest BCUT2D eigenvalue weighted by Gasteiger charge is -2.32. The van der Waals surface area contributed by atoms with Crippen molar-refractivity contribution >= 4 is 27.5 Å². The number of nitrogens with one attached hydrogen (secondary N) is 1. The van der Waals surface area contributed by atoms with Gasteiger partial charge < -0.3 is 15.0 Å². The van der Waals surface area contributed by atoms with Gasteiger partial charge in [-0.1, -0.05) is 61.9 Å². The molecule has 9 heteroatoms. The summed E-state index contributed by atoms with van der Waals surface area (Å²) in [4.78, 5) is 28.5. The normalized spacial score (nSPS) is 11.9. The number of hydrogen-bond donors (Lipinski definition) is 1. The zero-order valence-electron chi connectivity index (χ0n) is 23.0. The Morgan fingerprint density at radius 3 is 2.21 bits per heavy atom. The highest BCUT2D eigenvalue weighted by Gasteiger charge is 2.33. The molecule has 0 unspecified atom stereocenters. The molecule has 3 aromatic rings. The maximum absolute atomic E-state index is 13.9. The first-order valence-corrected chi connectivity index (χ1v) is 14.5. The second-order valence-corrected chi connectivity index (χ2v) is 11.2. The molecular formula is C30H37N3O5S. The number of ether oxygens (including phenoxy) is 1. The number of hydrogen-bond acceptors (Lipinski definition) is 5. The molecule has 0 saturated heterocycles. The van der Waals surface area contributed by atoms with Gasteiger partial charge in [0.25, 0.3) is 10.0 Å². The van der Waals surface area contributed by atoms with Gasteiger partial charge >= 0.3 is 0 Å². The van der Waals surface area contributed by atoms with Crippen LogP contribution in [-0.4, -0.2) is 51.4 Å². The molecular weight excluding hydrogens is 514 g/mol. The number of sulfonamides is 1. The first-order chi connectivity index (χ1) is 18.7. The quantitative estimate of drug-likeness (QED) is 0.315. The highest BCUT2D eigenvalue weighted by Crippen LogP contribution is 2.27. The third-order valence-corrected chi connectivity index (χ3v) is 8.28. The molecule has 3 aromatic carbocycles. The van der Waals surface area contributed by atoms with Crippen LogP contribution in [0.5, 0.6) is 5.75 Å². The fourth-order valence-corrected chi connectivity index (χ4v) is 5.62. The van der Waals surface area contributed by atoms with Gasteiger partial charge in [0.05, 0.1) is 17.7 Å². The van der Waals surface area contributed by atoms with Crippen molar-refractivity contribution in [1.29, 1.82) is 0 Å². The molecule has 208 valence electrons. The van der Waals surface area contributed by atoms with E-state index in [0.717, 1.165) is 22.7 Å². The van der Waals surface area contributed by atoms with Crippen LogP contribution in [0.2, 0.25) is 0 Å². The molecule has 8 nitrogen and oxygen atoms in total. The predicted octanol–water partition coefficient (Wildman–Crippen LogP) is 4.53. The van der Waals surface area contributed by atoms with Crippen molar-refractivity contribution in [3.05, 3.63) is 90.0 Å². The summed E-state index contributed by atoms with van der Waals surface area (Å²) in [5.41, 5.74) is 1.89. The highest BCUT2D eigenvalue weighted by atomic mass is 32.2. The SMILES string of the molecule is CCCCNC(=O)[C@@H](C)N(Cc1ccc(OC)cc1)C(=O)CN(c1ccccc1C)S(=O)(=O)c1ccccc1. The minimum absolute atomic E-state index is 0.0770. The van der Waals surface area contributed by atoms with E-state index < -0.39 is 28.5 Å². The summed E-state index contributed by atoms with van der Waals surface area (Å²) < 4.78 is 34.0. The first-order valence-electron chi connectivity index (χ1n) is 13.0. The smallest absolute Gasteiger partial charge is 0.264 e. The number of anilines is 1. The fraction of sp³-hybridized carbons (Fsp3) is 0.333. The number of nitrogens with zero attached hydrogens (tertiary/aromatic N) is 2. The number of rotatable bonds is 13. The molecule has 0 aliphatic heterocycles. The van der Waals surface area contributed by atoms with Crippen LogP contribution < -0.4 is 14.4 Å². The van der Waals surface area contributed by atoms with Gasteiger partial charge in [0, 0.05) is 13.1 Å². The van der Waals surface area contributed by atoms with Crippen molar-refractivity contribution < 1.29 is 22.7 Å². The maximum Gasteiger partial charge on any atom is 0.264 e. The van der Waals surface area contributed by atoms with E-state index in [9.17, 15) is 18.0 Å². The number of carbonyl (C=O) groups excluding carboxylic acids is 2. The van der Waals surface area contributed by atoms with Gasteiger partial charge in [0.1, 0.15) is 18.3 Å². The molecule has 0 aliphatic rings. The van der Waals surface area contributed by atoms with E-state index in [1.54, 1.807) is 69.5 Å². The van der Waals surface area contributed by atoms with Crippen LogP contribution in [-0.2, 0) is 26.2 Å². The predicted molar refractivity (Wildman–Crippen MR) is 153 cm³/mol. The average Bonchev–Trinajstić information content (AvgIpc) is 2.95. The average molecular weight is 552 g/mol. The lowest BCUT2D eigenvalue weighted by molar-refractivity contribution is -0.139. The van der Waals surface area contributed by atoms with Crippen LogP contribution in [0.3, 0.4) is 0 Å². The summed E-state index contributed by atoms with van der Waals surface area (Å²) >= 11 is 0. The van der Waals surface area contributed by atoms with Gasteiger partial charge in [0.15, 0.2) is 0 Å². The molecule has 0 spiro atoms. The molecule has 1 atom stereocenters. The van der Waals surface area contributed by atoms with Crippen LogP contribution in [0.4, 0.5) is 5.69 Å². The summed E-state index contributed by atoms with van der Waals surface area (Å²) in [5, 5.41) is 2.89. The fourth-order valence-electron chi connectivity index (χ4n) is 4.12. The molecule has 39 heavy (non-hydrogen) atoms. The number of para-hydroxylation sites is 1. The monoisotopic (exact) mass is 551 g/mol. The molecule has 0 bridgehead atoms. The third-order valence-electron chi connectivity index (χ3n) is 6.50. The third kappa shape index (κ3) is 7.60. The van der Waals surface area contributed by atoms with E-state index in [1.807, 2.05) is 25.1 Å². The van der Waals surface area contributed by atoms with Gasteiger partial charge in [-0.05, 0) is 61.7 Å². The van der Waals surface area contributed by atoms with E-state index in [1.165, 1.54) is 17.0 Å². The maximum atomic E-state index is 13.9. The summed E-state index contributed by atoms with van der Waals surface area (Å²) in [6, 6.07) is 21.4. The van der Waals surface area contributed by atoms with Crippen molar-refractivity contribution in [3.63, 3.8) is 0 Å². The van der Waals surface area contributed by atoms with Gasteiger partial charge in [-0.25, -0.2) is 8.42 Å². The number of methoxy groups -OCH3 is 1. The highest BCUT2D eigenvalue weighted by molar-refractivity contribution is 7.92. The minimum Gasteiger partial charge on any atom is -0.497 e. The number of amides is 2. The first kappa shape index (κ1) is 29.7. The Balaban J connectivity index is 1.99. The molecule has 0 saturated carbocycles. The van der Waals surface area contributed by atoms with Crippen molar-refractivity contribution in [2.24, 2.45) is 0 Å². The Labute approximate surface area is 231 Å². The van der Waals surface area contributed by atoms with Crippen LogP contribution in [0, 0.1) is 6.92 Å². The molecule has 0 aliphatic carbocycles. The van der Waals surface area contributed by atoms with Crippen molar-refractivity contribution in [3.8, 4) is 5.75 Å². The van der Waals surface area contributed by atoms with E-state index in [2.05, 4.69) is 5.32 Å². The molecule has 0 radical (unpaired) electrons. The van der Waals surface area contributed by atoms with E-state index >= 15 is 0 Å². The number of aryl methyl sites for hydroxylation is 1. The standard InChI is InChI=1S/C30H37N3O5S/c1-5-6-20-31-30(35)24(3)32(21-25-16-18-26(38-4)19-17-25)29(34)22-33(28-15-11-10-12-23(28)2)39(36,37)27-13-8-7-9-14-27/h7-19,24H,5-6,20-22H2,1-4H3,(H,31,35)/t24-/m1/s1. The summed E-state index contributed by atoms with van der Waals surface area (Å²) in [6.45, 7) is 5.64. The van der Waals surface area contributed by atoms with Crippen LogP contribution in [0.1, 0.15) is 37.8 Å². The summed E-state index contributed by atoms with van der Waals surface area (Å²) in [7, 11) is -2.51. The molecule has 0 heterocycles. The molecule has 1 N–H and O–H groups in total. The lowest BCUT2D eigenvalue weighted by atomic mass is 10.1. The van der Waals surface area contributed by atoms with Gasteiger partial charge in [-0.3, -0.25) is 13.9 Å². The second-order valence-electron chi connectivity index (χ2n) is 9.30. The van der Waals surface area contributed by atoms with Gasteiger partial charge in [-0.15, -0.1) is 0 Å². The van der Waals surface area contributed by atoms with E-state index in [-0.39, 0.29) is 17.3 Å². The van der Waals surface area contributed by atoms with E-state index in [4.69, 9.17) is 4.74 Å². The topological polar surface area (TPSA) is 96.0 Å². The van der Waals surface area contributed by atoms with Gasteiger partial charge in [-0.2, -0.15) is 0 Å². The largest absolute Gasteiger partial charge is 0.497 e. The Kier molecular flexibility index (Phi) is 10.5. The van der Waals surface area contributed by atoms with Crippen LogP contribution in [0.15, 0.2) is 83.8 Å². The Bertz CT molecular complexity index is 1340. The van der Waals surface area contributed by atoms with Gasteiger partial charge in [0.2, 0.25) is 11.8 Å². The molecule has 0 aromatic heterocycles. The van der Waals surface area contributed by atoms with Crippen molar-refractivity contribution in [2.75, 3.05) is 24.5 Å². The van der Waals surface area contributed by atoms with E-state index in [0.29, 0.717) is 23.5 Å². The Morgan fingerprint density at radius 2 is 1.59 bits per heavy atom. The lowest BCUT2D eigenvalue weighted by Crippen LogP contribution is -2.51. The zero-order chi connectivity index (χ0) is 28.4.